The summed E-state index contributed by atoms with van der Waals surface area (Å²) in [6.07, 6.45) is 6.65. The Morgan fingerprint density at radius 3 is 2.54 bits per heavy atom. The molecular formula is C23H24N2O. The van der Waals surface area contributed by atoms with Gasteiger partial charge in [0.15, 0.2) is 0 Å². The Morgan fingerprint density at radius 2 is 1.73 bits per heavy atom. The van der Waals surface area contributed by atoms with Crippen LogP contribution >= 0.6 is 0 Å². The smallest absolute Gasteiger partial charge is 0.229 e. The third kappa shape index (κ3) is 3.17. The Morgan fingerprint density at radius 1 is 1.00 bits per heavy atom. The van der Waals surface area contributed by atoms with Crippen LogP contribution in [0.1, 0.15) is 35.6 Å². The summed E-state index contributed by atoms with van der Waals surface area (Å²) in [7, 11) is 0. The second-order valence-electron chi connectivity index (χ2n) is 6.98. The van der Waals surface area contributed by atoms with Crippen LogP contribution in [-0.2, 0) is 11.2 Å². The molecular weight excluding hydrogens is 320 g/mol. The van der Waals surface area contributed by atoms with E-state index in [1.807, 2.05) is 29.2 Å². The SMILES string of the molecule is Cc1ccccc1C(CC(=O)N1CCCc2ccccc21)n1cccc1. The molecule has 1 aliphatic rings. The third-order valence-corrected chi connectivity index (χ3v) is 5.31. The van der Waals surface area contributed by atoms with Gasteiger partial charge in [0.2, 0.25) is 5.91 Å². The van der Waals surface area contributed by atoms with E-state index in [9.17, 15) is 4.79 Å². The van der Waals surface area contributed by atoms with Crippen molar-refractivity contribution >= 4 is 11.6 Å². The van der Waals surface area contributed by atoms with Gasteiger partial charge in [-0.3, -0.25) is 4.79 Å². The number of aromatic nitrogens is 1. The van der Waals surface area contributed by atoms with Crippen molar-refractivity contribution in [2.24, 2.45) is 0 Å². The summed E-state index contributed by atoms with van der Waals surface area (Å²) in [6.45, 7) is 2.93. The minimum absolute atomic E-state index is 0.0211. The van der Waals surface area contributed by atoms with E-state index < -0.39 is 0 Å². The molecule has 1 atom stereocenters. The van der Waals surface area contributed by atoms with Crippen LogP contribution in [0.5, 0.6) is 0 Å². The lowest BCUT2D eigenvalue weighted by Crippen LogP contribution is -2.36. The number of benzene rings is 2. The van der Waals surface area contributed by atoms with Gasteiger partial charge in [-0.05, 0) is 54.7 Å². The van der Waals surface area contributed by atoms with Crippen LogP contribution in [0.25, 0.3) is 0 Å². The van der Waals surface area contributed by atoms with Crippen LogP contribution in [0.15, 0.2) is 73.1 Å². The summed E-state index contributed by atoms with van der Waals surface area (Å²) in [6, 6.07) is 20.7. The van der Waals surface area contributed by atoms with Gasteiger partial charge in [0, 0.05) is 24.6 Å². The van der Waals surface area contributed by atoms with Gasteiger partial charge in [-0.1, -0.05) is 42.5 Å². The maximum absolute atomic E-state index is 13.3. The lowest BCUT2D eigenvalue weighted by Gasteiger charge is -2.31. The summed E-state index contributed by atoms with van der Waals surface area (Å²) in [5.41, 5.74) is 4.79. The van der Waals surface area contributed by atoms with Gasteiger partial charge in [-0.15, -0.1) is 0 Å². The Balaban J connectivity index is 1.65. The first kappa shape index (κ1) is 16.6. The molecule has 132 valence electrons. The zero-order valence-electron chi connectivity index (χ0n) is 15.1. The van der Waals surface area contributed by atoms with Crippen LogP contribution in [0, 0.1) is 6.92 Å². The largest absolute Gasteiger partial charge is 0.346 e. The average Bonchev–Trinajstić information content (AvgIpc) is 3.21. The zero-order valence-corrected chi connectivity index (χ0v) is 15.1. The number of hydrogen-bond acceptors (Lipinski definition) is 1. The molecule has 0 fully saturated rings. The number of aryl methyl sites for hydroxylation is 2. The molecule has 0 saturated heterocycles. The Labute approximate surface area is 154 Å². The molecule has 1 aliphatic heterocycles. The molecule has 1 amide bonds. The van der Waals surface area contributed by atoms with Gasteiger partial charge in [-0.25, -0.2) is 0 Å². The highest BCUT2D eigenvalue weighted by Gasteiger charge is 2.26. The van der Waals surface area contributed by atoms with Gasteiger partial charge in [0.25, 0.3) is 0 Å². The van der Waals surface area contributed by atoms with Crippen molar-refractivity contribution in [3.63, 3.8) is 0 Å². The molecule has 0 N–H and O–H groups in total. The molecule has 0 aliphatic carbocycles. The van der Waals surface area contributed by atoms with E-state index in [2.05, 4.69) is 60.3 Å². The molecule has 3 nitrogen and oxygen atoms in total. The summed E-state index contributed by atoms with van der Waals surface area (Å²) < 4.78 is 2.15. The molecule has 1 aromatic heterocycles. The number of para-hydroxylation sites is 1. The Bertz CT molecular complexity index is 898. The first-order chi connectivity index (χ1) is 12.7. The van der Waals surface area contributed by atoms with Crippen LogP contribution in [0.2, 0.25) is 0 Å². The number of carbonyl (C=O) groups excluding carboxylic acids is 1. The fraction of sp³-hybridized carbons (Fsp3) is 0.261. The van der Waals surface area contributed by atoms with E-state index in [1.165, 1.54) is 16.7 Å². The molecule has 2 heterocycles. The number of rotatable bonds is 4. The first-order valence-corrected chi connectivity index (χ1v) is 9.30. The van der Waals surface area contributed by atoms with Gasteiger partial charge in [0.05, 0.1) is 12.5 Å². The monoisotopic (exact) mass is 344 g/mol. The van der Waals surface area contributed by atoms with E-state index in [-0.39, 0.29) is 11.9 Å². The quantitative estimate of drug-likeness (QED) is 0.670. The maximum Gasteiger partial charge on any atom is 0.229 e. The summed E-state index contributed by atoms with van der Waals surface area (Å²) in [5, 5.41) is 0. The third-order valence-electron chi connectivity index (χ3n) is 5.31. The fourth-order valence-corrected chi connectivity index (χ4v) is 3.96. The minimum atomic E-state index is 0.0211. The van der Waals surface area contributed by atoms with Crippen molar-refractivity contribution in [3.8, 4) is 0 Å². The standard InChI is InChI=1S/C23H24N2O/c1-18-9-2-4-12-20(18)22(24-14-6-7-15-24)17-23(26)25-16-8-11-19-10-3-5-13-21(19)25/h2-7,9-10,12-15,22H,8,11,16-17H2,1H3. The number of hydrogen-bond donors (Lipinski definition) is 0. The normalized spacial score (nSPS) is 14.7. The van der Waals surface area contributed by atoms with E-state index >= 15 is 0 Å². The van der Waals surface area contributed by atoms with Crippen LogP contribution < -0.4 is 4.90 Å². The Hall–Kier alpha value is -2.81. The second kappa shape index (κ2) is 7.20. The van der Waals surface area contributed by atoms with E-state index in [1.54, 1.807) is 0 Å². The van der Waals surface area contributed by atoms with Gasteiger partial charge in [0.1, 0.15) is 0 Å². The highest BCUT2D eigenvalue weighted by molar-refractivity contribution is 5.95. The molecule has 0 spiro atoms. The van der Waals surface area contributed by atoms with Gasteiger partial charge >= 0.3 is 0 Å². The molecule has 0 saturated carbocycles. The Kier molecular flexibility index (Phi) is 4.61. The van der Waals surface area contributed by atoms with Gasteiger partial charge in [-0.2, -0.15) is 0 Å². The molecule has 0 radical (unpaired) electrons. The fourth-order valence-electron chi connectivity index (χ4n) is 3.96. The van der Waals surface area contributed by atoms with Crippen LogP contribution in [0.4, 0.5) is 5.69 Å². The van der Waals surface area contributed by atoms with E-state index in [0.717, 1.165) is 25.1 Å². The maximum atomic E-state index is 13.3. The highest BCUT2D eigenvalue weighted by Crippen LogP contribution is 2.31. The van der Waals surface area contributed by atoms with Crippen LogP contribution in [-0.4, -0.2) is 17.0 Å². The number of fused-ring (bicyclic) bond motifs is 1. The predicted molar refractivity (Wildman–Crippen MR) is 105 cm³/mol. The lowest BCUT2D eigenvalue weighted by atomic mass is 9.96. The molecule has 4 rings (SSSR count). The summed E-state index contributed by atoms with van der Waals surface area (Å²) >= 11 is 0. The highest BCUT2D eigenvalue weighted by atomic mass is 16.2. The number of anilines is 1. The molecule has 0 bridgehead atoms. The van der Waals surface area contributed by atoms with E-state index in [4.69, 9.17) is 0 Å². The van der Waals surface area contributed by atoms with Crippen molar-refractivity contribution in [3.05, 3.63) is 89.7 Å². The first-order valence-electron chi connectivity index (χ1n) is 9.30. The summed E-state index contributed by atoms with van der Waals surface area (Å²) in [5.74, 6) is 0.194. The van der Waals surface area contributed by atoms with Crippen molar-refractivity contribution < 1.29 is 4.79 Å². The molecule has 3 heteroatoms. The van der Waals surface area contributed by atoms with E-state index in [0.29, 0.717) is 6.42 Å². The van der Waals surface area contributed by atoms with Gasteiger partial charge < -0.3 is 9.47 Å². The van der Waals surface area contributed by atoms with Crippen molar-refractivity contribution in [2.75, 3.05) is 11.4 Å². The van der Waals surface area contributed by atoms with Crippen molar-refractivity contribution in [2.45, 2.75) is 32.2 Å². The van der Waals surface area contributed by atoms with Crippen molar-refractivity contribution in [1.82, 2.24) is 4.57 Å². The predicted octanol–water partition coefficient (Wildman–Crippen LogP) is 4.76. The topological polar surface area (TPSA) is 25.2 Å². The zero-order chi connectivity index (χ0) is 17.9. The molecule has 3 aromatic rings. The lowest BCUT2D eigenvalue weighted by molar-refractivity contribution is -0.119. The second-order valence-corrected chi connectivity index (χ2v) is 6.98. The van der Waals surface area contributed by atoms with Crippen LogP contribution in [0.3, 0.4) is 0 Å². The van der Waals surface area contributed by atoms with Crippen molar-refractivity contribution in [1.29, 1.82) is 0 Å². The number of nitrogens with zero attached hydrogens (tertiary/aromatic N) is 2. The number of carbonyl (C=O) groups is 1. The molecule has 26 heavy (non-hydrogen) atoms. The number of amides is 1. The molecule has 2 aromatic carbocycles. The average molecular weight is 344 g/mol. The minimum Gasteiger partial charge on any atom is -0.346 e. The summed E-state index contributed by atoms with van der Waals surface area (Å²) in [4.78, 5) is 15.2. The molecule has 1 unspecified atom stereocenters.